The zero-order chi connectivity index (χ0) is 10.6. The quantitative estimate of drug-likeness (QED) is 0.433. The van der Waals surface area contributed by atoms with Crippen LogP contribution in [0.3, 0.4) is 0 Å². The molecule has 0 unspecified atom stereocenters. The summed E-state index contributed by atoms with van der Waals surface area (Å²) in [6.45, 7) is 12.0. The van der Waals surface area contributed by atoms with Crippen molar-refractivity contribution >= 4 is 19.4 Å². The van der Waals surface area contributed by atoms with Gasteiger partial charge in [-0.15, -0.1) is 0 Å². The summed E-state index contributed by atoms with van der Waals surface area (Å²) in [7, 11) is 9.67. The summed E-state index contributed by atoms with van der Waals surface area (Å²) in [6, 6.07) is 0. The number of hydrogen-bond acceptors (Lipinski definition) is 0. The Morgan fingerprint density at radius 3 is 0.786 bits per heavy atom. The molecule has 3 heteroatoms. The Kier molecular flexibility index (Phi) is 10.5. The van der Waals surface area contributed by atoms with Gasteiger partial charge in [-0.1, -0.05) is 34.6 Å². The maximum absolute atomic E-state index is 4.83. The molecule has 1 aliphatic carbocycles. The third-order valence-corrected chi connectivity index (χ3v) is 4.15. The summed E-state index contributed by atoms with van der Waals surface area (Å²) in [5.41, 5.74) is 0. The van der Waals surface area contributed by atoms with E-state index in [1.165, 1.54) is 0 Å². The van der Waals surface area contributed by atoms with E-state index in [4.69, 9.17) is 19.4 Å². The number of halogens is 2. The summed E-state index contributed by atoms with van der Waals surface area (Å²) in [5, 5.41) is 0. The van der Waals surface area contributed by atoms with Crippen LogP contribution < -0.4 is 0 Å². The molecular formula is C11H23Cl2Rh. The molecule has 0 amide bonds. The molecule has 0 saturated heterocycles. The van der Waals surface area contributed by atoms with Crippen molar-refractivity contribution in [3.8, 4) is 0 Å². The Balaban J connectivity index is 0. The molecule has 0 aliphatic heterocycles. The zero-order valence-electron chi connectivity index (χ0n) is 9.98. The summed E-state index contributed by atoms with van der Waals surface area (Å²) < 4.78 is 0. The van der Waals surface area contributed by atoms with Crippen LogP contribution in [0.4, 0.5) is 0 Å². The van der Waals surface area contributed by atoms with Crippen LogP contribution in [0.5, 0.6) is 0 Å². The summed E-state index contributed by atoms with van der Waals surface area (Å²) in [6.07, 6.45) is 0. The fraction of sp³-hybridized carbons (Fsp3) is 0.909. The van der Waals surface area contributed by atoms with Crippen molar-refractivity contribution in [2.45, 2.75) is 34.6 Å². The predicted molar refractivity (Wildman–Crippen MR) is 63.9 cm³/mol. The first-order valence-electron chi connectivity index (χ1n) is 4.81. The van der Waals surface area contributed by atoms with Gasteiger partial charge < -0.3 is 7.43 Å². The van der Waals surface area contributed by atoms with Crippen LogP contribution in [-0.2, 0) is 15.1 Å². The molecule has 0 spiro atoms. The molecule has 0 aromatic carbocycles. The second-order valence-electron chi connectivity index (χ2n) is 4.34. The topological polar surface area (TPSA) is 0 Å². The van der Waals surface area contributed by atoms with E-state index in [9.17, 15) is 0 Å². The van der Waals surface area contributed by atoms with Gasteiger partial charge in [0.2, 0.25) is 0 Å². The van der Waals surface area contributed by atoms with Crippen LogP contribution in [0, 0.1) is 37.0 Å². The first-order chi connectivity index (χ1) is 5.97. The third-order valence-electron chi connectivity index (χ3n) is 4.15. The van der Waals surface area contributed by atoms with E-state index in [0.29, 0.717) is 0 Å². The minimum absolute atomic E-state index is 0. The van der Waals surface area contributed by atoms with Crippen molar-refractivity contribution in [3.63, 3.8) is 0 Å². The first kappa shape index (κ1) is 17.6. The molecular weight excluding hydrogens is 306 g/mol. The molecule has 1 fully saturated rings. The minimum atomic E-state index is -0.226. The van der Waals surface area contributed by atoms with E-state index >= 15 is 0 Å². The molecule has 1 saturated carbocycles. The molecule has 0 aromatic rings. The third kappa shape index (κ3) is 4.37. The fourth-order valence-corrected chi connectivity index (χ4v) is 2.39. The Morgan fingerprint density at radius 1 is 0.643 bits per heavy atom. The van der Waals surface area contributed by atoms with Gasteiger partial charge in [0.25, 0.3) is 0 Å². The van der Waals surface area contributed by atoms with Gasteiger partial charge in [-0.05, 0) is 29.6 Å². The predicted octanol–water partition coefficient (Wildman–Crippen LogP) is 5.01. The first-order valence-corrected chi connectivity index (χ1v) is 9.03. The molecule has 0 radical (unpaired) electrons. The Bertz CT molecular complexity index is 96.4. The molecule has 0 atom stereocenters. The van der Waals surface area contributed by atoms with Gasteiger partial charge in [-0.2, -0.15) is 0 Å². The number of rotatable bonds is 0. The van der Waals surface area contributed by atoms with E-state index in [-0.39, 0.29) is 22.6 Å². The fourth-order valence-electron chi connectivity index (χ4n) is 2.39. The monoisotopic (exact) mass is 328 g/mol. The van der Waals surface area contributed by atoms with Gasteiger partial charge in [0.05, 0.1) is 0 Å². The van der Waals surface area contributed by atoms with Crippen LogP contribution in [-0.4, -0.2) is 0 Å². The van der Waals surface area contributed by atoms with Crippen LogP contribution in [0.15, 0.2) is 0 Å². The molecule has 0 heterocycles. The molecule has 0 nitrogen and oxygen atoms in total. The zero-order valence-corrected chi connectivity index (χ0v) is 13.1. The van der Waals surface area contributed by atoms with Gasteiger partial charge in [0.1, 0.15) is 0 Å². The van der Waals surface area contributed by atoms with Gasteiger partial charge >= 0.3 is 34.5 Å². The van der Waals surface area contributed by atoms with E-state index in [2.05, 4.69) is 34.6 Å². The molecule has 0 bridgehead atoms. The average molecular weight is 329 g/mol. The van der Waals surface area contributed by atoms with Gasteiger partial charge in [0, 0.05) is 0 Å². The van der Waals surface area contributed by atoms with Gasteiger partial charge in [-0.25, -0.2) is 0 Å². The van der Waals surface area contributed by atoms with Crippen LogP contribution in [0.2, 0.25) is 0 Å². The summed E-state index contributed by atoms with van der Waals surface area (Å²) in [4.78, 5) is 0. The molecule has 1 aliphatic rings. The number of hydrogen-bond donors (Lipinski definition) is 0. The normalized spacial score (nSPS) is 41.2. The Labute approximate surface area is 106 Å². The molecule has 90 valence electrons. The van der Waals surface area contributed by atoms with Crippen molar-refractivity contribution in [3.05, 3.63) is 7.43 Å². The van der Waals surface area contributed by atoms with E-state index in [0.717, 1.165) is 29.6 Å². The van der Waals surface area contributed by atoms with E-state index in [1.54, 1.807) is 0 Å². The van der Waals surface area contributed by atoms with Crippen molar-refractivity contribution in [1.82, 2.24) is 0 Å². The molecule has 0 aromatic heterocycles. The molecule has 0 N–H and O–H groups in total. The van der Waals surface area contributed by atoms with Crippen molar-refractivity contribution in [2.75, 3.05) is 0 Å². The van der Waals surface area contributed by atoms with E-state index < -0.39 is 0 Å². The summed E-state index contributed by atoms with van der Waals surface area (Å²) in [5.74, 6) is 4.68. The standard InChI is InChI=1S/C10H20.CH3.2ClH.Rh/c1-6-7(2)9(4)10(5)8(6)3;;;;/h6-10H,1-5H3;1H3;2*1H;/q;-1;;;+3/p-2. The van der Waals surface area contributed by atoms with E-state index in [1.807, 2.05) is 0 Å². The van der Waals surface area contributed by atoms with Crippen molar-refractivity contribution in [2.24, 2.45) is 29.6 Å². The maximum atomic E-state index is 4.83. The van der Waals surface area contributed by atoms with Crippen LogP contribution >= 0.6 is 19.4 Å². The molecule has 1 rings (SSSR count). The summed E-state index contributed by atoms with van der Waals surface area (Å²) >= 11 is -0.226. The average Bonchev–Trinajstić information content (AvgIpc) is 2.25. The van der Waals surface area contributed by atoms with Gasteiger partial charge in [-0.3, -0.25) is 0 Å². The second-order valence-corrected chi connectivity index (χ2v) is 6.83. The van der Waals surface area contributed by atoms with Gasteiger partial charge in [0.15, 0.2) is 0 Å². The second kappa shape index (κ2) is 8.37. The van der Waals surface area contributed by atoms with Crippen LogP contribution in [0.25, 0.3) is 0 Å². The SMILES string of the molecule is CC1C(C)C(C)C(C)C1C.[CH3-].[Cl][Rh+][Cl]. The van der Waals surface area contributed by atoms with Crippen molar-refractivity contribution in [1.29, 1.82) is 0 Å². The van der Waals surface area contributed by atoms with Crippen LogP contribution in [0.1, 0.15) is 34.6 Å². The Morgan fingerprint density at radius 2 is 0.714 bits per heavy atom. The van der Waals surface area contributed by atoms with Crippen molar-refractivity contribution < 1.29 is 15.1 Å². The molecule has 14 heavy (non-hydrogen) atoms. The Hall–Kier alpha value is 1.20.